The molecule has 0 saturated heterocycles. The monoisotopic (exact) mass is 559 g/mol. The predicted molar refractivity (Wildman–Crippen MR) is 123 cm³/mol. The van der Waals surface area contributed by atoms with Crippen LogP contribution in [0.5, 0.6) is 11.5 Å². The molecule has 0 aromatic heterocycles. The molecule has 39 heavy (non-hydrogen) atoms. The minimum absolute atomic E-state index is 0.198. The average Bonchev–Trinajstić information content (AvgIpc) is 3.38. The van der Waals surface area contributed by atoms with Gasteiger partial charge in [0, 0.05) is 11.6 Å². The second-order valence-corrected chi connectivity index (χ2v) is 9.29. The highest BCUT2D eigenvalue weighted by atomic mass is 19.4. The van der Waals surface area contributed by atoms with Crippen LogP contribution in [0.4, 0.5) is 26.3 Å². The molecule has 0 bridgehead atoms. The van der Waals surface area contributed by atoms with Crippen molar-refractivity contribution in [3.8, 4) is 11.5 Å². The maximum Gasteiger partial charge on any atom is 0.434 e. The Hall–Kier alpha value is -4.03. The molecule has 7 nitrogen and oxygen atoms in total. The van der Waals surface area contributed by atoms with E-state index in [4.69, 9.17) is 15.2 Å². The zero-order chi connectivity index (χ0) is 29.2. The lowest BCUT2D eigenvalue weighted by atomic mass is 10.1. The summed E-state index contributed by atoms with van der Waals surface area (Å²) in [5, 5.41) is 0. The van der Waals surface area contributed by atoms with E-state index in [-0.39, 0.29) is 5.56 Å². The van der Waals surface area contributed by atoms with Gasteiger partial charge >= 0.3 is 24.3 Å². The van der Waals surface area contributed by atoms with E-state index in [2.05, 4.69) is 4.74 Å². The van der Waals surface area contributed by atoms with Crippen molar-refractivity contribution in [3.63, 3.8) is 0 Å². The molecule has 13 heteroatoms. The zero-order valence-corrected chi connectivity index (χ0v) is 20.5. The van der Waals surface area contributed by atoms with Crippen molar-refractivity contribution in [2.75, 3.05) is 0 Å². The molecular formula is C26H23F6NO6. The number of benzene rings is 2. The number of primary amides is 1. The van der Waals surface area contributed by atoms with Crippen molar-refractivity contribution < 1.29 is 54.9 Å². The SMILES string of the molecule is CC1(C)C(/C=C\C(=O)OC(C(F)(F)F)C(F)(F)F)C1C(=O)O[C@@H](C(N)=O)c1cccc(Oc2ccccc2)c1. The van der Waals surface area contributed by atoms with Gasteiger partial charge in [0.15, 0.2) is 0 Å². The van der Waals surface area contributed by atoms with Crippen LogP contribution < -0.4 is 10.5 Å². The Morgan fingerprint density at radius 1 is 0.897 bits per heavy atom. The number of nitrogens with two attached hydrogens (primary N) is 1. The van der Waals surface area contributed by atoms with Gasteiger partial charge in [0.25, 0.3) is 12.0 Å². The molecule has 210 valence electrons. The van der Waals surface area contributed by atoms with Crippen LogP contribution in [-0.4, -0.2) is 36.3 Å². The van der Waals surface area contributed by atoms with Gasteiger partial charge in [-0.05, 0) is 35.6 Å². The van der Waals surface area contributed by atoms with E-state index >= 15 is 0 Å². The number of hydrogen-bond acceptors (Lipinski definition) is 6. The summed E-state index contributed by atoms with van der Waals surface area (Å²) in [5.41, 5.74) is 4.74. The molecule has 1 amide bonds. The number of halogens is 6. The second-order valence-electron chi connectivity index (χ2n) is 9.29. The van der Waals surface area contributed by atoms with Gasteiger partial charge in [-0.15, -0.1) is 0 Å². The van der Waals surface area contributed by atoms with Crippen molar-refractivity contribution in [1.82, 2.24) is 0 Å². The number of ether oxygens (including phenoxy) is 3. The van der Waals surface area contributed by atoms with Gasteiger partial charge < -0.3 is 19.9 Å². The molecule has 2 N–H and O–H groups in total. The third-order valence-corrected chi connectivity index (χ3v) is 6.07. The first kappa shape index (κ1) is 29.5. The number of esters is 2. The molecule has 0 aliphatic heterocycles. The highest BCUT2D eigenvalue weighted by molar-refractivity contribution is 5.86. The Labute approximate surface area is 218 Å². The summed E-state index contributed by atoms with van der Waals surface area (Å²) in [4.78, 5) is 36.7. The van der Waals surface area contributed by atoms with Gasteiger partial charge in [0.2, 0.25) is 6.10 Å². The molecule has 1 aliphatic rings. The fourth-order valence-electron chi connectivity index (χ4n) is 3.99. The molecule has 3 atom stereocenters. The average molecular weight is 559 g/mol. The van der Waals surface area contributed by atoms with E-state index in [9.17, 15) is 40.7 Å². The van der Waals surface area contributed by atoms with Crippen molar-refractivity contribution >= 4 is 17.8 Å². The van der Waals surface area contributed by atoms with E-state index in [1.54, 1.807) is 56.3 Å². The van der Waals surface area contributed by atoms with Crippen molar-refractivity contribution in [2.24, 2.45) is 23.0 Å². The van der Waals surface area contributed by atoms with E-state index in [0.29, 0.717) is 17.6 Å². The van der Waals surface area contributed by atoms with E-state index in [0.717, 1.165) is 6.08 Å². The van der Waals surface area contributed by atoms with Gasteiger partial charge in [-0.2, -0.15) is 26.3 Å². The molecule has 1 saturated carbocycles. The fourth-order valence-corrected chi connectivity index (χ4v) is 3.99. The Morgan fingerprint density at radius 2 is 1.49 bits per heavy atom. The largest absolute Gasteiger partial charge is 0.457 e. The highest BCUT2D eigenvalue weighted by Crippen LogP contribution is 2.59. The lowest BCUT2D eigenvalue weighted by molar-refractivity contribution is -0.312. The summed E-state index contributed by atoms with van der Waals surface area (Å²) in [5.74, 6) is -4.77. The standard InChI is InChI=1S/C26H23F6NO6/c1-24(2)17(11-12-18(34)38-23(25(27,28)29)26(30,31)32)19(24)22(36)39-20(21(33)35)14-7-6-10-16(13-14)37-15-8-4-3-5-9-15/h3-13,17,19-20,23H,1-2H3,(H2,33,35)/b12-11-/t17?,19?,20-/m1/s1. The minimum atomic E-state index is -5.86. The lowest BCUT2D eigenvalue weighted by Gasteiger charge is -2.22. The van der Waals surface area contributed by atoms with Crippen LogP contribution in [0.3, 0.4) is 0 Å². The summed E-state index contributed by atoms with van der Waals surface area (Å²) in [6.07, 6.45) is -16.2. The number of carbonyl (C=O) groups excluding carboxylic acids is 3. The Morgan fingerprint density at radius 3 is 2.05 bits per heavy atom. The first-order chi connectivity index (χ1) is 18.0. The number of para-hydroxylation sites is 1. The molecule has 0 spiro atoms. The maximum atomic E-state index is 12.9. The van der Waals surface area contributed by atoms with Crippen molar-refractivity contribution in [3.05, 3.63) is 72.3 Å². The third-order valence-electron chi connectivity index (χ3n) is 6.07. The number of rotatable bonds is 9. The van der Waals surface area contributed by atoms with Gasteiger partial charge in [0.1, 0.15) is 11.5 Å². The molecule has 1 fully saturated rings. The van der Waals surface area contributed by atoms with Crippen LogP contribution in [-0.2, 0) is 23.9 Å². The van der Waals surface area contributed by atoms with Crippen LogP contribution in [0.25, 0.3) is 0 Å². The summed E-state index contributed by atoms with van der Waals surface area (Å²) in [6.45, 7) is 3.11. The number of carbonyl (C=O) groups is 3. The quantitative estimate of drug-likeness (QED) is 0.250. The second kappa shape index (κ2) is 11.0. The molecule has 1 aliphatic carbocycles. The first-order valence-electron chi connectivity index (χ1n) is 11.4. The normalized spacial score (nSPS) is 19.4. The number of amides is 1. The first-order valence-corrected chi connectivity index (χ1v) is 11.4. The molecule has 0 radical (unpaired) electrons. The summed E-state index contributed by atoms with van der Waals surface area (Å²) in [7, 11) is 0. The minimum Gasteiger partial charge on any atom is -0.457 e. The van der Waals surface area contributed by atoms with E-state index < -0.39 is 59.7 Å². The molecule has 2 aromatic rings. The van der Waals surface area contributed by atoms with E-state index in [1.807, 2.05) is 0 Å². The van der Waals surface area contributed by atoms with E-state index in [1.165, 1.54) is 12.1 Å². The maximum absolute atomic E-state index is 12.9. The molecule has 0 heterocycles. The van der Waals surface area contributed by atoms with Crippen LogP contribution in [0.15, 0.2) is 66.7 Å². The van der Waals surface area contributed by atoms with Crippen molar-refractivity contribution in [2.45, 2.75) is 38.4 Å². The topological polar surface area (TPSA) is 105 Å². The summed E-state index contributed by atoms with van der Waals surface area (Å²) in [6, 6.07) is 14.8. The van der Waals surface area contributed by atoms with Gasteiger partial charge in [0.05, 0.1) is 5.92 Å². The smallest absolute Gasteiger partial charge is 0.434 e. The molecule has 2 aromatic carbocycles. The van der Waals surface area contributed by atoms with Gasteiger partial charge in [-0.3, -0.25) is 9.59 Å². The number of allylic oxidation sites excluding steroid dienone is 1. The van der Waals surface area contributed by atoms with Crippen molar-refractivity contribution in [1.29, 1.82) is 0 Å². The third kappa shape index (κ3) is 7.30. The van der Waals surface area contributed by atoms with Crippen LogP contribution in [0.2, 0.25) is 0 Å². The predicted octanol–water partition coefficient (Wildman–Crippen LogP) is 5.41. The Kier molecular flexibility index (Phi) is 8.32. The van der Waals surface area contributed by atoms with Crippen LogP contribution >= 0.6 is 0 Å². The molecule has 2 unspecified atom stereocenters. The Bertz CT molecular complexity index is 1230. The fraction of sp³-hybridized carbons (Fsp3) is 0.346. The van der Waals surface area contributed by atoms with Gasteiger partial charge in [-0.1, -0.05) is 50.3 Å². The Balaban J connectivity index is 1.69. The number of hydrogen-bond donors (Lipinski definition) is 1. The highest BCUT2D eigenvalue weighted by Gasteiger charge is 2.62. The van der Waals surface area contributed by atoms with Gasteiger partial charge in [-0.25, -0.2) is 4.79 Å². The van der Waals surface area contributed by atoms with Crippen LogP contribution in [0.1, 0.15) is 25.5 Å². The number of alkyl halides is 6. The zero-order valence-electron chi connectivity index (χ0n) is 20.5. The lowest BCUT2D eigenvalue weighted by Crippen LogP contribution is -2.45. The summed E-state index contributed by atoms with van der Waals surface area (Å²) < 4.78 is 90.3. The van der Waals surface area contributed by atoms with Crippen LogP contribution in [0, 0.1) is 17.3 Å². The molecule has 3 rings (SSSR count). The summed E-state index contributed by atoms with van der Waals surface area (Å²) >= 11 is 0. The molecular weight excluding hydrogens is 536 g/mol.